The molecule has 1 aliphatic rings. The van der Waals surface area contributed by atoms with E-state index in [1.807, 2.05) is 27.7 Å². The molecular weight excluding hydrogens is 284 g/mol. The minimum absolute atomic E-state index is 0.115. The van der Waals surface area contributed by atoms with Gasteiger partial charge in [0.05, 0.1) is 21.7 Å². The zero-order chi connectivity index (χ0) is 15.3. The van der Waals surface area contributed by atoms with Gasteiger partial charge in [-0.3, -0.25) is 0 Å². The van der Waals surface area contributed by atoms with Crippen molar-refractivity contribution in [3.8, 4) is 0 Å². The monoisotopic (exact) mass is 301 g/mol. The zero-order valence-electron chi connectivity index (χ0n) is 12.1. The Morgan fingerprint density at radius 1 is 1.15 bits per heavy atom. The molecular formula is C12H17BFNO4S. The topological polar surface area (TPSA) is 65.5 Å². The number of sulfone groups is 1. The molecule has 110 valence electrons. The average Bonchev–Trinajstić information content (AvgIpc) is 2.46. The molecule has 0 saturated carbocycles. The van der Waals surface area contributed by atoms with E-state index in [0.717, 1.165) is 12.3 Å². The minimum atomic E-state index is -3.53. The summed E-state index contributed by atoms with van der Waals surface area (Å²) < 4.78 is 48.0. The predicted octanol–water partition coefficient (Wildman–Crippen LogP) is 0.923. The number of hydrogen-bond donors (Lipinski definition) is 0. The standard InChI is InChI=1S/C12H17BFNO4S/c1-11(2)12(3,4)19-13(18-11)9-6-8(20(5,16)17)7-10(14)15-9/h6-7H,1-5H3. The number of pyridine rings is 1. The lowest BCUT2D eigenvalue weighted by Crippen LogP contribution is -2.41. The molecule has 2 heterocycles. The van der Waals surface area contributed by atoms with Crippen LogP contribution in [0, 0.1) is 5.95 Å². The van der Waals surface area contributed by atoms with Crippen molar-refractivity contribution in [2.45, 2.75) is 43.8 Å². The van der Waals surface area contributed by atoms with E-state index in [-0.39, 0.29) is 10.5 Å². The van der Waals surface area contributed by atoms with Crippen LogP contribution in [0.4, 0.5) is 4.39 Å². The van der Waals surface area contributed by atoms with Gasteiger partial charge in [-0.25, -0.2) is 13.4 Å². The first-order chi connectivity index (χ1) is 8.92. The average molecular weight is 301 g/mol. The lowest BCUT2D eigenvalue weighted by Gasteiger charge is -2.32. The maximum absolute atomic E-state index is 13.5. The van der Waals surface area contributed by atoms with Crippen molar-refractivity contribution in [1.29, 1.82) is 0 Å². The Labute approximate surface area is 118 Å². The highest BCUT2D eigenvalue weighted by molar-refractivity contribution is 7.90. The molecule has 0 spiro atoms. The first-order valence-electron chi connectivity index (χ1n) is 6.15. The van der Waals surface area contributed by atoms with Gasteiger partial charge in [0.25, 0.3) is 0 Å². The Bertz CT molecular complexity index is 629. The maximum atomic E-state index is 13.5. The summed E-state index contributed by atoms with van der Waals surface area (Å²) in [7, 11) is -4.42. The van der Waals surface area contributed by atoms with Crippen LogP contribution in [0.25, 0.3) is 0 Å². The molecule has 20 heavy (non-hydrogen) atoms. The Kier molecular flexibility index (Phi) is 3.47. The number of halogens is 1. The molecule has 1 saturated heterocycles. The summed E-state index contributed by atoms with van der Waals surface area (Å²) in [6, 6.07) is 2.16. The van der Waals surface area contributed by atoms with Gasteiger partial charge in [-0.2, -0.15) is 4.39 Å². The van der Waals surface area contributed by atoms with E-state index in [2.05, 4.69) is 4.98 Å². The number of hydrogen-bond acceptors (Lipinski definition) is 5. The highest BCUT2D eigenvalue weighted by atomic mass is 32.2. The largest absolute Gasteiger partial charge is 0.514 e. The van der Waals surface area contributed by atoms with Crippen LogP contribution in [0.1, 0.15) is 27.7 Å². The summed E-state index contributed by atoms with van der Waals surface area (Å²) in [5, 5.41) is 0. The minimum Gasteiger partial charge on any atom is -0.398 e. The highest BCUT2D eigenvalue weighted by Crippen LogP contribution is 2.36. The van der Waals surface area contributed by atoms with E-state index in [0.29, 0.717) is 0 Å². The van der Waals surface area contributed by atoms with Crippen molar-refractivity contribution in [3.63, 3.8) is 0 Å². The third kappa shape index (κ3) is 2.73. The molecule has 0 aliphatic carbocycles. The van der Waals surface area contributed by atoms with Crippen LogP contribution in [0.15, 0.2) is 17.0 Å². The summed E-state index contributed by atoms with van der Waals surface area (Å²) in [6.07, 6.45) is 1.01. The van der Waals surface area contributed by atoms with Gasteiger partial charge in [0, 0.05) is 12.3 Å². The fourth-order valence-corrected chi connectivity index (χ4v) is 2.44. The quantitative estimate of drug-likeness (QED) is 0.600. The summed E-state index contributed by atoms with van der Waals surface area (Å²) in [5.41, 5.74) is -1.09. The molecule has 2 rings (SSSR count). The van der Waals surface area contributed by atoms with E-state index >= 15 is 0 Å². The SMILES string of the molecule is CC1(C)OB(c2cc(S(C)(=O)=O)cc(F)n2)OC1(C)C. The molecule has 0 bridgehead atoms. The molecule has 5 nitrogen and oxygen atoms in total. The summed E-state index contributed by atoms with van der Waals surface area (Å²) in [6.45, 7) is 7.40. The fraction of sp³-hybridized carbons (Fsp3) is 0.583. The molecule has 1 aliphatic heterocycles. The van der Waals surface area contributed by atoms with Gasteiger partial charge >= 0.3 is 7.12 Å². The number of rotatable bonds is 2. The van der Waals surface area contributed by atoms with Crippen molar-refractivity contribution in [1.82, 2.24) is 4.98 Å². The van der Waals surface area contributed by atoms with E-state index in [4.69, 9.17) is 9.31 Å². The highest BCUT2D eigenvalue weighted by Gasteiger charge is 2.52. The van der Waals surface area contributed by atoms with Gasteiger partial charge in [-0.1, -0.05) is 0 Å². The maximum Gasteiger partial charge on any atom is 0.514 e. The summed E-state index contributed by atoms with van der Waals surface area (Å²) >= 11 is 0. The zero-order valence-corrected chi connectivity index (χ0v) is 12.9. The van der Waals surface area contributed by atoms with Gasteiger partial charge in [-0.15, -0.1) is 0 Å². The van der Waals surface area contributed by atoms with Crippen LogP contribution in [-0.4, -0.2) is 38.0 Å². The lowest BCUT2D eigenvalue weighted by molar-refractivity contribution is 0.00578. The second kappa shape index (κ2) is 4.51. The Hall–Kier alpha value is -0.985. The van der Waals surface area contributed by atoms with Crippen molar-refractivity contribution in [2.24, 2.45) is 0 Å². The Morgan fingerprint density at radius 3 is 2.10 bits per heavy atom. The van der Waals surface area contributed by atoms with E-state index in [9.17, 15) is 12.8 Å². The molecule has 0 radical (unpaired) electrons. The van der Waals surface area contributed by atoms with E-state index < -0.39 is 34.1 Å². The van der Waals surface area contributed by atoms with Crippen LogP contribution >= 0.6 is 0 Å². The van der Waals surface area contributed by atoms with Gasteiger partial charge in [0.1, 0.15) is 0 Å². The Morgan fingerprint density at radius 2 is 1.65 bits per heavy atom. The van der Waals surface area contributed by atoms with Crippen molar-refractivity contribution in [2.75, 3.05) is 6.26 Å². The van der Waals surface area contributed by atoms with Crippen molar-refractivity contribution >= 4 is 22.5 Å². The second-order valence-corrected chi connectivity index (χ2v) is 7.93. The van der Waals surface area contributed by atoms with Gasteiger partial charge in [0.15, 0.2) is 9.84 Å². The van der Waals surface area contributed by atoms with E-state index in [1.165, 1.54) is 6.07 Å². The molecule has 8 heteroatoms. The predicted molar refractivity (Wildman–Crippen MR) is 73.0 cm³/mol. The molecule has 1 fully saturated rings. The van der Waals surface area contributed by atoms with Gasteiger partial charge in [-0.05, 0) is 33.8 Å². The first-order valence-corrected chi connectivity index (χ1v) is 8.05. The van der Waals surface area contributed by atoms with Crippen LogP contribution in [0.3, 0.4) is 0 Å². The van der Waals surface area contributed by atoms with Crippen LogP contribution in [0.5, 0.6) is 0 Å². The van der Waals surface area contributed by atoms with Crippen LogP contribution in [0.2, 0.25) is 0 Å². The first kappa shape index (κ1) is 15.4. The number of nitrogens with zero attached hydrogens (tertiary/aromatic N) is 1. The third-order valence-electron chi connectivity index (χ3n) is 3.71. The van der Waals surface area contributed by atoms with Crippen LogP contribution in [-0.2, 0) is 19.1 Å². The molecule has 0 atom stereocenters. The lowest BCUT2D eigenvalue weighted by atomic mass is 9.84. The van der Waals surface area contributed by atoms with Crippen molar-refractivity contribution in [3.05, 3.63) is 18.1 Å². The third-order valence-corrected chi connectivity index (χ3v) is 4.80. The second-order valence-electron chi connectivity index (χ2n) is 5.91. The Balaban J connectivity index is 2.44. The van der Waals surface area contributed by atoms with E-state index in [1.54, 1.807) is 0 Å². The number of aromatic nitrogens is 1. The summed E-state index contributed by atoms with van der Waals surface area (Å²) in [4.78, 5) is 3.54. The van der Waals surface area contributed by atoms with Crippen LogP contribution < -0.4 is 5.59 Å². The van der Waals surface area contributed by atoms with Crippen molar-refractivity contribution < 1.29 is 22.1 Å². The molecule has 1 aromatic heterocycles. The molecule has 0 unspecified atom stereocenters. The van der Waals surface area contributed by atoms with Gasteiger partial charge < -0.3 is 9.31 Å². The molecule has 0 N–H and O–H groups in total. The fourth-order valence-electron chi connectivity index (χ4n) is 1.79. The van der Waals surface area contributed by atoms with Gasteiger partial charge in [0.2, 0.25) is 5.95 Å². The summed E-state index contributed by atoms with van der Waals surface area (Å²) in [5.74, 6) is -0.877. The molecule has 0 amide bonds. The molecule has 1 aromatic rings. The normalized spacial score (nSPS) is 21.2. The smallest absolute Gasteiger partial charge is 0.398 e. The molecule has 0 aromatic carbocycles.